The number of benzene rings is 2. The van der Waals surface area contributed by atoms with Crippen LogP contribution < -0.4 is 4.74 Å². The number of nitrogens with zero attached hydrogens (tertiary/aromatic N) is 1. The van der Waals surface area contributed by atoms with Gasteiger partial charge in [0, 0.05) is 11.6 Å². The van der Waals surface area contributed by atoms with Gasteiger partial charge in [-0.05, 0) is 48.9 Å². The Labute approximate surface area is 158 Å². The third kappa shape index (κ3) is 5.14. The molecule has 0 saturated carbocycles. The summed E-state index contributed by atoms with van der Waals surface area (Å²) in [4.78, 5) is 14.4. The molecule has 4 nitrogen and oxygen atoms in total. The van der Waals surface area contributed by atoms with Gasteiger partial charge >= 0.3 is 0 Å². The van der Waals surface area contributed by atoms with Crippen LogP contribution in [-0.2, 0) is 17.9 Å². The summed E-state index contributed by atoms with van der Waals surface area (Å²) >= 11 is 5.94. The Balaban J connectivity index is 1.67. The molecular weight excluding hydrogens is 350 g/mol. The second kappa shape index (κ2) is 8.59. The Hall–Kier alpha value is -2.72. The fourth-order valence-corrected chi connectivity index (χ4v) is 2.63. The van der Waals surface area contributed by atoms with Crippen molar-refractivity contribution >= 4 is 17.5 Å². The monoisotopic (exact) mass is 369 g/mol. The molecule has 0 aliphatic carbocycles. The van der Waals surface area contributed by atoms with Crippen molar-refractivity contribution in [3.8, 4) is 5.75 Å². The lowest BCUT2D eigenvalue weighted by atomic mass is 10.2. The zero-order chi connectivity index (χ0) is 18.4. The maximum absolute atomic E-state index is 12.7. The van der Waals surface area contributed by atoms with E-state index < -0.39 is 0 Å². The Bertz CT molecular complexity index is 827. The molecule has 0 N–H and O–H groups in total. The second-order valence-electron chi connectivity index (χ2n) is 6.06. The van der Waals surface area contributed by atoms with Gasteiger partial charge in [0.1, 0.15) is 11.5 Å². The third-order valence-corrected chi connectivity index (χ3v) is 4.20. The van der Waals surface area contributed by atoms with Crippen LogP contribution in [-0.4, -0.2) is 17.4 Å². The van der Waals surface area contributed by atoms with Crippen molar-refractivity contribution in [2.24, 2.45) is 0 Å². The van der Waals surface area contributed by atoms with Crippen molar-refractivity contribution in [3.05, 3.63) is 88.8 Å². The highest BCUT2D eigenvalue weighted by atomic mass is 35.5. The lowest BCUT2D eigenvalue weighted by Gasteiger charge is -2.22. The van der Waals surface area contributed by atoms with Crippen LogP contribution in [0.3, 0.4) is 0 Å². The average Bonchev–Trinajstić information content (AvgIpc) is 3.15. The predicted molar refractivity (Wildman–Crippen MR) is 101 cm³/mol. The number of aryl methyl sites for hydroxylation is 1. The standard InChI is InChI=1S/C21H20ClNO3/c1-16-4-10-19(11-5-16)26-15-21(24)23(14-20-3-2-12-25-20)13-17-6-8-18(22)9-7-17/h2-12H,13-15H2,1H3. The molecule has 1 heterocycles. The van der Waals surface area contributed by atoms with Gasteiger partial charge in [0.2, 0.25) is 0 Å². The van der Waals surface area contributed by atoms with Crippen molar-refractivity contribution < 1.29 is 13.9 Å². The fourth-order valence-electron chi connectivity index (χ4n) is 2.50. The number of halogens is 1. The third-order valence-electron chi connectivity index (χ3n) is 3.95. The lowest BCUT2D eigenvalue weighted by Crippen LogP contribution is -2.34. The lowest BCUT2D eigenvalue weighted by molar-refractivity contribution is -0.134. The second-order valence-corrected chi connectivity index (χ2v) is 6.49. The molecule has 3 rings (SSSR count). The van der Waals surface area contributed by atoms with Gasteiger partial charge in [-0.3, -0.25) is 4.79 Å². The summed E-state index contributed by atoms with van der Waals surface area (Å²) in [5.41, 5.74) is 2.13. The van der Waals surface area contributed by atoms with E-state index in [0.29, 0.717) is 23.9 Å². The van der Waals surface area contributed by atoms with E-state index in [-0.39, 0.29) is 12.5 Å². The van der Waals surface area contributed by atoms with E-state index in [9.17, 15) is 4.79 Å². The first-order valence-electron chi connectivity index (χ1n) is 8.34. The molecule has 3 aromatic rings. The van der Waals surface area contributed by atoms with Crippen molar-refractivity contribution in [1.82, 2.24) is 4.90 Å². The van der Waals surface area contributed by atoms with E-state index in [1.165, 1.54) is 0 Å². The summed E-state index contributed by atoms with van der Waals surface area (Å²) in [5, 5.41) is 0.667. The molecule has 0 fully saturated rings. The molecular formula is C21H20ClNO3. The minimum absolute atomic E-state index is 0.0304. The SMILES string of the molecule is Cc1ccc(OCC(=O)N(Cc2ccc(Cl)cc2)Cc2ccco2)cc1. The molecule has 0 atom stereocenters. The summed E-state index contributed by atoms with van der Waals surface area (Å²) in [7, 11) is 0. The van der Waals surface area contributed by atoms with E-state index in [1.54, 1.807) is 11.2 Å². The van der Waals surface area contributed by atoms with Gasteiger partial charge < -0.3 is 14.1 Å². The minimum Gasteiger partial charge on any atom is -0.484 e. The Morgan fingerprint density at radius 3 is 2.42 bits per heavy atom. The van der Waals surface area contributed by atoms with E-state index in [1.807, 2.05) is 67.6 Å². The molecule has 26 heavy (non-hydrogen) atoms. The normalized spacial score (nSPS) is 10.5. The van der Waals surface area contributed by atoms with Gasteiger partial charge in [-0.15, -0.1) is 0 Å². The largest absolute Gasteiger partial charge is 0.484 e. The van der Waals surface area contributed by atoms with Crippen LogP contribution in [0.2, 0.25) is 5.02 Å². The quantitative estimate of drug-likeness (QED) is 0.598. The van der Waals surface area contributed by atoms with Crippen molar-refractivity contribution in [3.63, 3.8) is 0 Å². The van der Waals surface area contributed by atoms with Crippen LogP contribution in [0.15, 0.2) is 71.3 Å². The highest BCUT2D eigenvalue weighted by molar-refractivity contribution is 6.30. The Morgan fingerprint density at radius 2 is 1.77 bits per heavy atom. The zero-order valence-corrected chi connectivity index (χ0v) is 15.3. The van der Waals surface area contributed by atoms with Crippen LogP contribution in [0.1, 0.15) is 16.9 Å². The van der Waals surface area contributed by atoms with E-state index in [2.05, 4.69) is 0 Å². The summed E-state index contributed by atoms with van der Waals surface area (Å²) in [6.07, 6.45) is 1.60. The molecule has 0 bridgehead atoms. The number of hydrogen-bond acceptors (Lipinski definition) is 3. The number of rotatable bonds is 7. The molecule has 0 saturated heterocycles. The van der Waals surface area contributed by atoms with Crippen LogP contribution in [0.4, 0.5) is 0 Å². The molecule has 0 aliphatic rings. The van der Waals surface area contributed by atoms with Gasteiger partial charge in [0.15, 0.2) is 6.61 Å². The highest BCUT2D eigenvalue weighted by Gasteiger charge is 2.17. The summed E-state index contributed by atoms with van der Waals surface area (Å²) < 4.78 is 11.0. The Morgan fingerprint density at radius 1 is 1.04 bits per heavy atom. The number of furan rings is 1. The fraction of sp³-hybridized carbons (Fsp3) is 0.190. The number of hydrogen-bond donors (Lipinski definition) is 0. The first-order chi connectivity index (χ1) is 12.6. The summed E-state index contributed by atoms with van der Waals surface area (Å²) in [6.45, 7) is 2.81. The molecule has 1 amide bonds. The van der Waals surface area contributed by atoms with Crippen LogP contribution in [0, 0.1) is 6.92 Å². The maximum Gasteiger partial charge on any atom is 0.261 e. The predicted octanol–water partition coefficient (Wildman–Crippen LogP) is 4.85. The van der Waals surface area contributed by atoms with Gasteiger partial charge in [-0.1, -0.05) is 41.4 Å². The molecule has 5 heteroatoms. The summed E-state index contributed by atoms with van der Waals surface area (Å²) in [5.74, 6) is 1.29. The van der Waals surface area contributed by atoms with Crippen LogP contribution in [0.5, 0.6) is 5.75 Å². The number of ether oxygens (including phenoxy) is 1. The number of amides is 1. The zero-order valence-electron chi connectivity index (χ0n) is 14.5. The van der Waals surface area contributed by atoms with Crippen molar-refractivity contribution in [1.29, 1.82) is 0 Å². The average molecular weight is 370 g/mol. The molecule has 2 aromatic carbocycles. The van der Waals surface area contributed by atoms with Crippen LogP contribution >= 0.6 is 11.6 Å². The first-order valence-corrected chi connectivity index (χ1v) is 8.72. The van der Waals surface area contributed by atoms with Crippen molar-refractivity contribution in [2.45, 2.75) is 20.0 Å². The number of carbonyl (C=O) groups excluding carboxylic acids is 1. The van der Waals surface area contributed by atoms with Gasteiger partial charge in [-0.2, -0.15) is 0 Å². The van der Waals surface area contributed by atoms with Gasteiger partial charge in [-0.25, -0.2) is 0 Å². The summed E-state index contributed by atoms with van der Waals surface area (Å²) in [6, 6.07) is 18.7. The topological polar surface area (TPSA) is 42.7 Å². The Kier molecular flexibility index (Phi) is 5.97. The van der Waals surface area contributed by atoms with E-state index in [0.717, 1.165) is 16.9 Å². The highest BCUT2D eigenvalue weighted by Crippen LogP contribution is 2.16. The molecule has 1 aromatic heterocycles. The van der Waals surface area contributed by atoms with Gasteiger partial charge in [0.05, 0.1) is 12.8 Å². The molecule has 0 spiro atoms. The molecule has 0 unspecified atom stereocenters. The van der Waals surface area contributed by atoms with Gasteiger partial charge in [0.25, 0.3) is 5.91 Å². The molecule has 0 radical (unpaired) electrons. The maximum atomic E-state index is 12.7. The van der Waals surface area contributed by atoms with Crippen LogP contribution in [0.25, 0.3) is 0 Å². The molecule has 0 aliphatic heterocycles. The number of carbonyl (C=O) groups is 1. The molecule has 134 valence electrons. The smallest absolute Gasteiger partial charge is 0.261 e. The van der Waals surface area contributed by atoms with E-state index in [4.69, 9.17) is 20.8 Å². The van der Waals surface area contributed by atoms with Crippen molar-refractivity contribution in [2.75, 3.05) is 6.61 Å². The first kappa shape index (κ1) is 18.1. The van der Waals surface area contributed by atoms with E-state index >= 15 is 0 Å². The minimum atomic E-state index is -0.114.